The van der Waals surface area contributed by atoms with Crippen LogP contribution < -0.4 is 5.73 Å². The van der Waals surface area contributed by atoms with Crippen LogP contribution in [0.1, 0.15) is 72.1 Å². The zero-order chi connectivity index (χ0) is 14.0. The fourth-order valence-electron chi connectivity index (χ4n) is 4.32. The minimum absolute atomic E-state index is 0.317. The highest BCUT2D eigenvalue weighted by molar-refractivity contribution is 4.97. The maximum absolute atomic E-state index is 6.58. The Morgan fingerprint density at radius 3 is 2.32 bits per heavy atom. The molecule has 0 aromatic heterocycles. The van der Waals surface area contributed by atoms with E-state index in [1.54, 1.807) is 0 Å². The molecule has 112 valence electrons. The Hall–Kier alpha value is -0.0800. The van der Waals surface area contributed by atoms with E-state index in [9.17, 15) is 0 Å². The lowest BCUT2D eigenvalue weighted by molar-refractivity contribution is 0.0403. The van der Waals surface area contributed by atoms with Crippen LogP contribution in [0.25, 0.3) is 0 Å². The van der Waals surface area contributed by atoms with Crippen molar-refractivity contribution in [3.8, 4) is 0 Å². The molecule has 0 radical (unpaired) electrons. The Bertz CT molecular complexity index is 279. The molecule has 2 unspecified atom stereocenters. The third kappa shape index (κ3) is 3.33. The summed E-state index contributed by atoms with van der Waals surface area (Å²) >= 11 is 0. The second-order valence-electron chi connectivity index (χ2n) is 7.72. The largest absolute Gasteiger partial charge is 0.326 e. The average molecular weight is 266 g/mol. The molecule has 0 spiro atoms. The van der Waals surface area contributed by atoms with Crippen LogP contribution in [0.3, 0.4) is 0 Å². The first-order valence-electron chi connectivity index (χ1n) is 8.43. The summed E-state index contributed by atoms with van der Waals surface area (Å²) in [4.78, 5) is 2.65. The predicted molar refractivity (Wildman–Crippen MR) is 83.2 cm³/mol. The van der Waals surface area contributed by atoms with E-state index in [2.05, 4.69) is 32.7 Å². The van der Waals surface area contributed by atoms with E-state index in [4.69, 9.17) is 5.73 Å². The van der Waals surface area contributed by atoms with Gasteiger partial charge in [-0.2, -0.15) is 0 Å². The average Bonchev–Trinajstić information content (AvgIpc) is 2.41. The Labute approximate surface area is 120 Å². The van der Waals surface area contributed by atoms with Gasteiger partial charge in [-0.25, -0.2) is 0 Å². The van der Waals surface area contributed by atoms with Crippen molar-refractivity contribution in [1.82, 2.24) is 4.90 Å². The van der Waals surface area contributed by atoms with Gasteiger partial charge >= 0.3 is 0 Å². The van der Waals surface area contributed by atoms with Crippen molar-refractivity contribution in [3.63, 3.8) is 0 Å². The highest BCUT2D eigenvalue weighted by atomic mass is 15.2. The van der Waals surface area contributed by atoms with Gasteiger partial charge in [0.1, 0.15) is 0 Å². The zero-order valence-corrected chi connectivity index (χ0v) is 13.5. The fourth-order valence-corrected chi connectivity index (χ4v) is 4.32. The molecule has 2 atom stereocenters. The Morgan fingerprint density at radius 2 is 1.74 bits per heavy atom. The second kappa shape index (κ2) is 6.13. The van der Waals surface area contributed by atoms with Crippen LogP contribution in [0.15, 0.2) is 0 Å². The molecule has 2 fully saturated rings. The lowest BCUT2D eigenvalue weighted by Crippen LogP contribution is -2.58. The first kappa shape index (κ1) is 15.3. The fraction of sp³-hybridized carbons (Fsp3) is 1.00. The number of hydrogen-bond donors (Lipinski definition) is 1. The molecule has 0 amide bonds. The van der Waals surface area contributed by atoms with Crippen LogP contribution in [0, 0.1) is 11.3 Å². The van der Waals surface area contributed by atoms with Gasteiger partial charge in [-0.1, -0.05) is 33.6 Å². The molecule has 19 heavy (non-hydrogen) atoms. The lowest BCUT2D eigenvalue weighted by atomic mass is 9.70. The molecule has 2 rings (SSSR count). The normalized spacial score (nSPS) is 39.5. The van der Waals surface area contributed by atoms with E-state index in [0.717, 1.165) is 12.0 Å². The van der Waals surface area contributed by atoms with Crippen LogP contribution in [0.5, 0.6) is 0 Å². The van der Waals surface area contributed by atoms with Gasteiger partial charge in [0, 0.05) is 18.1 Å². The van der Waals surface area contributed by atoms with E-state index < -0.39 is 0 Å². The minimum atomic E-state index is 0.317. The van der Waals surface area contributed by atoms with E-state index in [0.29, 0.717) is 17.5 Å². The molecule has 0 aliphatic heterocycles. The summed E-state index contributed by atoms with van der Waals surface area (Å²) < 4.78 is 0. The minimum Gasteiger partial charge on any atom is -0.326 e. The summed E-state index contributed by atoms with van der Waals surface area (Å²) in [5.74, 6) is 0.987. The number of likely N-dealkylation sites (N-methyl/N-ethyl adjacent to an activating group) is 1. The molecular weight excluding hydrogens is 232 g/mol. The van der Waals surface area contributed by atoms with Crippen molar-refractivity contribution in [2.75, 3.05) is 7.05 Å². The summed E-state index contributed by atoms with van der Waals surface area (Å²) in [6.07, 6.45) is 10.9. The molecule has 2 N–H and O–H groups in total. The highest BCUT2D eigenvalue weighted by Gasteiger charge is 2.40. The molecule has 2 nitrogen and oxygen atoms in total. The Morgan fingerprint density at radius 1 is 1.11 bits per heavy atom. The summed E-state index contributed by atoms with van der Waals surface area (Å²) in [7, 11) is 2.34. The topological polar surface area (TPSA) is 29.3 Å². The second-order valence-corrected chi connectivity index (χ2v) is 7.72. The number of nitrogens with two attached hydrogens (primary N) is 1. The maximum Gasteiger partial charge on any atom is 0.0252 e. The van der Waals surface area contributed by atoms with Crippen molar-refractivity contribution in [1.29, 1.82) is 0 Å². The summed E-state index contributed by atoms with van der Waals surface area (Å²) in [5.41, 5.74) is 6.89. The summed E-state index contributed by atoms with van der Waals surface area (Å²) in [6.45, 7) is 7.05. The quantitative estimate of drug-likeness (QED) is 0.842. The van der Waals surface area contributed by atoms with Crippen molar-refractivity contribution in [2.45, 2.75) is 90.3 Å². The molecule has 2 aliphatic rings. The van der Waals surface area contributed by atoms with E-state index in [1.165, 1.54) is 51.4 Å². The standard InChI is InChI=1S/C17H34N2/c1-5-13-8-10-14(11-9-13)19(4)15-7-6-12-17(2,3)16(15)18/h13-16H,5-12,18H2,1-4H3. The molecule has 2 aliphatic carbocycles. The Balaban J connectivity index is 1.94. The summed E-state index contributed by atoms with van der Waals surface area (Å²) in [6, 6.07) is 1.73. The van der Waals surface area contributed by atoms with Crippen molar-refractivity contribution >= 4 is 0 Å². The predicted octanol–water partition coefficient (Wildman–Crippen LogP) is 3.79. The zero-order valence-electron chi connectivity index (χ0n) is 13.5. The summed E-state index contributed by atoms with van der Waals surface area (Å²) in [5, 5.41) is 0. The monoisotopic (exact) mass is 266 g/mol. The van der Waals surface area contributed by atoms with Crippen molar-refractivity contribution in [3.05, 3.63) is 0 Å². The molecule has 2 heteroatoms. The smallest absolute Gasteiger partial charge is 0.0252 e. The number of rotatable bonds is 3. The van der Waals surface area contributed by atoms with Crippen LogP contribution in [0.2, 0.25) is 0 Å². The van der Waals surface area contributed by atoms with Crippen molar-refractivity contribution in [2.24, 2.45) is 17.1 Å². The molecule has 0 aromatic carbocycles. The van der Waals surface area contributed by atoms with Gasteiger partial charge in [0.2, 0.25) is 0 Å². The third-order valence-corrected chi connectivity index (χ3v) is 6.13. The van der Waals surface area contributed by atoms with Crippen LogP contribution in [0.4, 0.5) is 0 Å². The molecule has 0 heterocycles. The lowest BCUT2D eigenvalue weighted by Gasteiger charge is -2.48. The Kier molecular flexibility index (Phi) is 4.94. The van der Waals surface area contributed by atoms with E-state index in [1.807, 2.05) is 0 Å². The van der Waals surface area contributed by atoms with Gasteiger partial charge in [-0.05, 0) is 56.9 Å². The third-order valence-electron chi connectivity index (χ3n) is 6.13. The highest BCUT2D eigenvalue weighted by Crippen LogP contribution is 2.38. The number of hydrogen-bond acceptors (Lipinski definition) is 2. The molecular formula is C17H34N2. The first-order chi connectivity index (χ1) is 8.95. The first-order valence-corrected chi connectivity index (χ1v) is 8.43. The molecule has 0 bridgehead atoms. The molecule has 0 saturated heterocycles. The van der Waals surface area contributed by atoms with E-state index >= 15 is 0 Å². The van der Waals surface area contributed by atoms with Crippen LogP contribution in [-0.2, 0) is 0 Å². The van der Waals surface area contributed by atoms with E-state index in [-0.39, 0.29) is 0 Å². The van der Waals surface area contributed by atoms with Gasteiger partial charge in [0.25, 0.3) is 0 Å². The maximum atomic E-state index is 6.58. The van der Waals surface area contributed by atoms with Crippen molar-refractivity contribution < 1.29 is 0 Å². The van der Waals surface area contributed by atoms with Crippen LogP contribution in [-0.4, -0.2) is 30.1 Å². The van der Waals surface area contributed by atoms with Gasteiger partial charge in [0.05, 0.1) is 0 Å². The van der Waals surface area contributed by atoms with Gasteiger partial charge < -0.3 is 5.73 Å². The number of nitrogens with zero attached hydrogens (tertiary/aromatic N) is 1. The molecule has 0 aromatic rings. The molecule has 2 saturated carbocycles. The van der Waals surface area contributed by atoms with Crippen LogP contribution >= 0.6 is 0 Å². The van der Waals surface area contributed by atoms with Gasteiger partial charge in [0.15, 0.2) is 0 Å². The van der Waals surface area contributed by atoms with Gasteiger partial charge in [-0.3, -0.25) is 4.90 Å². The van der Waals surface area contributed by atoms with Gasteiger partial charge in [-0.15, -0.1) is 0 Å². The SMILES string of the molecule is CCC1CCC(N(C)C2CCCC(C)(C)C2N)CC1.